The third-order valence-electron chi connectivity index (χ3n) is 6.37. The highest BCUT2D eigenvalue weighted by Gasteiger charge is 2.27. The van der Waals surface area contributed by atoms with Crippen molar-refractivity contribution in [3.05, 3.63) is 60.3 Å². The number of fused-ring (bicyclic) bond motifs is 2. The molecule has 1 fully saturated rings. The topological polar surface area (TPSA) is 54.8 Å². The highest BCUT2D eigenvalue weighted by atomic mass is 32.2. The quantitative estimate of drug-likeness (QED) is 0.538. The number of rotatable bonds is 5. The number of carbonyl (C=O) groups is 2. The highest BCUT2D eigenvalue weighted by molar-refractivity contribution is 8.00. The van der Waals surface area contributed by atoms with E-state index in [0.717, 1.165) is 34.5 Å². The van der Waals surface area contributed by atoms with Gasteiger partial charge >= 0.3 is 0 Å². The minimum Gasteiger partial charge on any atom is -0.372 e. The van der Waals surface area contributed by atoms with Crippen LogP contribution >= 0.6 is 11.8 Å². The van der Waals surface area contributed by atoms with Crippen LogP contribution in [0.15, 0.2) is 59.6 Å². The summed E-state index contributed by atoms with van der Waals surface area (Å²) >= 11 is 1.55. The molecule has 1 saturated heterocycles. The van der Waals surface area contributed by atoms with Crippen LogP contribution < -0.4 is 4.90 Å². The van der Waals surface area contributed by atoms with E-state index in [1.54, 1.807) is 11.8 Å². The Morgan fingerprint density at radius 1 is 1.00 bits per heavy atom. The molecule has 0 N–H and O–H groups in total. The van der Waals surface area contributed by atoms with Crippen LogP contribution in [0.3, 0.4) is 0 Å². The predicted octanol–water partition coefficient (Wildman–Crippen LogP) is 3.96. The molecule has 1 aromatic heterocycles. The molecule has 2 aliphatic rings. The molecule has 0 saturated carbocycles. The van der Waals surface area contributed by atoms with Crippen LogP contribution in [0, 0.1) is 0 Å². The molecule has 7 heteroatoms. The number of anilines is 1. The van der Waals surface area contributed by atoms with Crippen molar-refractivity contribution in [1.29, 1.82) is 0 Å². The zero-order valence-electron chi connectivity index (χ0n) is 19.1. The van der Waals surface area contributed by atoms with E-state index in [0.29, 0.717) is 18.8 Å². The van der Waals surface area contributed by atoms with Crippen LogP contribution in [0.2, 0.25) is 0 Å². The fourth-order valence-electron chi connectivity index (χ4n) is 4.90. The summed E-state index contributed by atoms with van der Waals surface area (Å²) < 4.78 is 7.78. The number of aromatic nitrogens is 1. The molecule has 3 aromatic rings. The van der Waals surface area contributed by atoms with Crippen LogP contribution in [0.25, 0.3) is 10.9 Å². The maximum absolute atomic E-state index is 13.1. The molecule has 3 heterocycles. The molecule has 0 aliphatic carbocycles. The summed E-state index contributed by atoms with van der Waals surface area (Å²) in [7, 11) is 0. The first-order valence-electron chi connectivity index (χ1n) is 11.5. The van der Waals surface area contributed by atoms with Gasteiger partial charge in [-0.25, -0.2) is 0 Å². The Balaban J connectivity index is 1.31. The van der Waals surface area contributed by atoms with Gasteiger partial charge < -0.3 is 19.1 Å². The number of hydrogen-bond donors (Lipinski definition) is 0. The lowest BCUT2D eigenvalue weighted by atomic mass is 10.2. The lowest BCUT2D eigenvalue weighted by Crippen LogP contribution is -2.49. The van der Waals surface area contributed by atoms with Gasteiger partial charge in [-0.05, 0) is 38.0 Å². The predicted molar refractivity (Wildman–Crippen MR) is 132 cm³/mol. The standard InChI is InChI=1S/C26H29N3O3S/c1-18-13-28(14-19(2)32-18)25(30)16-27-15-24(21-8-4-6-10-23(21)27)33-17-26(31)29-12-11-20-7-3-5-9-22(20)29/h3-10,15,18-19H,11-14,16-17H2,1-2H3/t18-,19+. The molecule has 33 heavy (non-hydrogen) atoms. The first-order valence-corrected chi connectivity index (χ1v) is 12.5. The lowest BCUT2D eigenvalue weighted by molar-refractivity contribution is -0.143. The van der Waals surface area contributed by atoms with Crippen molar-refractivity contribution in [3.8, 4) is 0 Å². The van der Waals surface area contributed by atoms with Crippen LogP contribution in [-0.2, 0) is 27.3 Å². The summed E-state index contributed by atoms with van der Waals surface area (Å²) in [4.78, 5) is 30.9. The van der Waals surface area contributed by atoms with Gasteiger partial charge in [0, 0.05) is 47.3 Å². The second-order valence-electron chi connectivity index (χ2n) is 8.91. The Bertz CT molecular complexity index is 1180. The third kappa shape index (κ3) is 4.52. The van der Waals surface area contributed by atoms with Crippen LogP contribution in [0.5, 0.6) is 0 Å². The number of carbonyl (C=O) groups excluding carboxylic acids is 2. The van der Waals surface area contributed by atoms with Gasteiger partial charge in [-0.1, -0.05) is 36.4 Å². The van der Waals surface area contributed by atoms with Gasteiger partial charge in [-0.15, -0.1) is 11.8 Å². The number of para-hydroxylation sites is 2. The fourth-order valence-corrected chi connectivity index (χ4v) is 5.87. The van der Waals surface area contributed by atoms with E-state index in [-0.39, 0.29) is 30.6 Å². The van der Waals surface area contributed by atoms with Gasteiger partial charge in [0.25, 0.3) is 0 Å². The van der Waals surface area contributed by atoms with Crippen molar-refractivity contribution in [2.75, 3.05) is 30.3 Å². The first kappa shape index (κ1) is 22.0. The first-order chi connectivity index (χ1) is 16.0. The molecule has 5 rings (SSSR count). The molecule has 0 spiro atoms. The molecule has 0 radical (unpaired) electrons. The Morgan fingerprint density at radius 2 is 1.73 bits per heavy atom. The second-order valence-corrected chi connectivity index (χ2v) is 9.92. The molecule has 0 bridgehead atoms. The van der Waals surface area contributed by atoms with Crippen molar-refractivity contribution in [2.24, 2.45) is 0 Å². The number of thioether (sulfide) groups is 1. The van der Waals surface area contributed by atoms with E-state index in [9.17, 15) is 9.59 Å². The zero-order valence-corrected chi connectivity index (χ0v) is 19.9. The normalized spacial score (nSPS) is 20.3. The van der Waals surface area contributed by atoms with E-state index >= 15 is 0 Å². The van der Waals surface area contributed by atoms with Crippen molar-refractivity contribution in [2.45, 2.75) is 43.9 Å². The van der Waals surface area contributed by atoms with Gasteiger partial charge in [-0.2, -0.15) is 0 Å². The summed E-state index contributed by atoms with van der Waals surface area (Å²) in [6.45, 7) is 6.28. The van der Waals surface area contributed by atoms with Crippen LogP contribution in [-0.4, -0.2) is 58.9 Å². The van der Waals surface area contributed by atoms with Gasteiger partial charge in [0.05, 0.1) is 18.0 Å². The Labute approximate surface area is 198 Å². The highest BCUT2D eigenvalue weighted by Crippen LogP contribution is 2.32. The average Bonchev–Trinajstić information content (AvgIpc) is 3.39. The zero-order chi connectivity index (χ0) is 22.9. The number of hydrogen-bond acceptors (Lipinski definition) is 4. The average molecular weight is 464 g/mol. The summed E-state index contributed by atoms with van der Waals surface area (Å²) in [6, 6.07) is 16.2. The van der Waals surface area contributed by atoms with E-state index in [1.165, 1.54) is 5.56 Å². The van der Waals surface area contributed by atoms with Crippen molar-refractivity contribution < 1.29 is 14.3 Å². The molecular formula is C26H29N3O3S. The Kier molecular flexibility index (Phi) is 6.17. The molecule has 2 aromatic carbocycles. The minimum atomic E-state index is 0.0481. The second kappa shape index (κ2) is 9.23. The monoisotopic (exact) mass is 463 g/mol. The van der Waals surface area contributed by atoms with Crippen LogP contribution in [0.4, 0.5) is 5.69 Å². The van der Waals surface area contributed by atoms with Gasteiger partial charge in [-0.3, -0.25) is 9.59 Å². The van der Waals surface area contributed by atoms with Gasteiger partial charge in [0.1, 0.15) is 6.54 Å². The summed E-state index contributed by atoms with van der Waals surface area (Å²) in [5.74, 6) is 0.586. The van der Waals surface area contributed by atoms with E-state index < -0.39 is 0 Å². The molecule has 0 unspecified atom stereocenters. The molecule has 2 amide bonds. The number of benzene rings is 2. The molecule has 2 aliphatic heterocycles. The molecule has 172 valence electrons. The van der Waals surface area contributed by atoms with E-state index in [4.69, 9.17) is 4.74 Å². The maximum Gasteiger partial charge on any atom is 0.242 e. The fraction of sp³-hybridized carbons (Fsp3) is 0.385. The number of amides is 2. The Morgan fingerprint density at radius 3 is 2.55 bits per heavy atom. The molecule has 2 atom stereocenters. The van der Waals surface area contributed by atoms with Crippen molar-refractivity contribution >= 4 is 40.2 Å². The number of nitrogens with zero attached hydrogens (tertiary/aromatic N) is 3. The molecular weight excluding hydrogens is 434 g/mol. The van der Waals surface area contributed by atoms with Gasteiger partial charge in [0.2, 0.25) is 11.8 Å². The summed E-state index contributed by atoms with van der Waals surface area (Å²) in [6.07, 6.45) is 3.03. The number of morpholine rings is 1. The van der Waals surface area contributed by atoms with Crippen molar-refractivity contribution in [1.82, 2.24) is 9.47 Å². The van der Waals surface area contributed by atoms with E-state index in [2.05, 4.69) is 12.1 Å². The summed E-state index contributed by atoms with van der Waals surface area (Å²) in [5.41, 5.74) is 3.28. The largest absolute Gasteiger partial charge is 0.372 e. The third-order valence-corrected chi connectivity index (χ3v) is 7.40. The lowest BCUT2D eigenvalue weighted by Gasteiger charge is -2.35. The minimum absolute atomic E-state index is 0.0481. The smallest absolute Gasteiger partial charge is 0.242 e. The SMILES string of the molecule is C[C@@H]1CN(C(=O)Cn2cc(SCC(=O)N3CCc4ccccc43)c3ccccc32)C[C@H](C)O1. The Hall–Kier alpha value is -2.77. The van der Waals surface area contributed by atoms with E-state index in [1.807, 2.05) is 70.8 Å². The van der Waals surface area contributed by atoms with Gasteiger partial charge in [0.15, 0.2) is 0 Å². The van der Waals surface area contributed by atoms with Crippen molar-refractivity contribution in [3.63, 3.8) is 0 Å². The van der Waals surface area contributed by atoms with Crippen LogP contribution in [0.1, 0.15) is 19.4 Å². The summed E-state index contributed by atoms with van der Waals surface area (Å²) in [5, 5.41) is 1.08. The molecule has 6 nitrogen and oxygen atoms in total. The maximum atomic E-state index is 13.1. The number of ether oxygens (including phenoxy) is 1.